The highest BCUT2D eigenvalue weighted by Crippen LogP contribution is 2.26. The molecule has 0 radical (unpaired) electrons. The number of aliphatic hydroxyl groups is 1. The molecule has 2 aliphatic heterocycles. The number of hydrogen-bond acceptors (Lipinski definition) is 4. The van der Waals surface area contributed by atoms with Crippen LogP contribution in [0, 0.1) is 0 Å². The van der Waals surface area contributed by atoms with Crippen molar-refractivity contribution in [2.75, 3.05) is 32.8 Å². The molecule has 0 aromatic rings. The maximum atomic E-state index is 12.7. The third-order valence-corrected chi connectivity index (χ3v) is 5.83. The fourth-order valence-electron chi connectivity index (χ4n) is 2.78. The van der Waals surface area contributed by atoms with Crippen LogP contribution in [-0.2, 0) is 14.9 Å². The van der Waals surface area contributed by atoms with Crippen molar-refractivity contribution in [3.8, 4) is 0 Å². The van der Waals surface area contributed by atoms with Gasteiger partial charge in [-0.3, -0.25) is 0 Å². The Morgan fingerprint density at radius 2 is 2.05 bits per heavy atom. The average Bonchev–Trinajstić information content (AvgIpc) is 2.37. The molecule has 6 nitrogen and oxygen atoms in total. The molecule has 2 rings (SSSR count). The molecule has 0 amide bonds. The monoisotopic (exact) mass is 292 g/mol. The molecule has 1 unspecified atom stereocenters. The Labute approximate surface area is 115 Å². The lowest BCUT2D eigenvalue weighted by Gasteiger charge is -2.42. The second-order valence-corrected chi connectivity index (χ2v) is 7.77. The highest BCUT2D eigenvalue weighted by atomic mass is 32.2. The van der Waals surface area contributed by atoms with E-state index in [0.717, 1.165) is 19.3 Å². The molecular formula is C12H24N2O4S. The van der Waals surface area contributed by atoms with Crippen molar-refractivity contribution in [3.05, 3.63) is 0 Å². The van der Waals surface area contributed by atoms with Gasteiger partial charge in [-0.1, -0.05) is 6.42 Å². The van der Waals surface area contributed by atoms with Crippen LogP contribution in [0.2, 0.25) is 0 Å². The highest BCUT2D eigenvalue weighted by Gasteiger charge is 2.40. The fourth-order valence-corrected chi connectivity index (χ4v) is 4.76. The van der Waals surface area contributed by atoms with Gasteiger partial charge in [0.2, 0.25) is 0 Å². The number of rotatable bonds is 3. The van der Waals surface area contributed by atoms with Crippen molar-refractivity contribution in [1.82, 2.24) is 8.61 Å². The smallest absolute Gasteiger partial charge is 0.282 e. The molecule has 2 fully saturated rings. The second kappa shape index (κ2) is 5.65. The zero-order valence-corrected chi connectivity index (χ0v) is 12.5. The normalized spacial score (nSPS) is 30.4. The Kier molecular flexibility index (Phi) is 4.52. The first kappa shape index (κ1) is 15.2. The molecule has 0 aromatic heterocycles. The first-order valence-corrected chi connectivity index (χ1v) is 8.28. The molecule has 112 valence electrons. The molecular weight excluding hydrogens is 268 g/mol. The SMILES string of the molecule is CC1(C)CN(S(=O)(=O)N2CCCCC2CO)CCO1. The van der Waals surface area contributed by atoms with E-state index in [2.05, 4.69) is 0 Å². The Morgan fingerprint density at radius 3 is 2.68 bits per heavy atom. The van der Waals surface area contributed by atoms with Crippen LogP contribution in [0.1, 0.15) is 33.1 Å². The second-order valence-electron chi connectivity index (χ2n) is 5.89. The maximum Gasteiger partial charge on any atom is 0.282 e. The molecule has 0 saturated carbocycles. The van der Waals surface area contributed by atoms with E-state index < -0.39 is 15.8 Å². The molecule has 1 N–H and O–H groups in total. The van der Waals surface area contributed by atoms with E-state index in [0.29, 0.717) is 26.2 Å². The molecule has 1 atom stereocenters. The van der Waals surface area contributed by atoms with Crippen molar-refractivity contribution >= 4 is 10.2 Å². The Balaban J connectivity index is 2.16. The zero-order valence-electron chi connectivity index (χ0n) is 11.7. The molecule has 0 bridgehead atoms. The van der Waals surface area contributed by atoms with E-state index in [1.807, 2.05) is 13.8 Å². The van der Waals surface area contributed by atoms with E-state index in [9.17, 15) is 13.5 Å². The van der Waals surface area contributed by atoms with E-state index in [1.165, 1.54) is 8.61 Å². The van der Waals surface area contributed by atoms with Gasteiger partial charge in [0.05, 0.1) is 18.8 Å². The average molecular weight is 292 g/mol. The molecule has 0 spiro atoms. The third kappa shape index (κ3) is 3.28. The summed E-state index contributed by atoms with van der Waals surface area (Å²) in [5.74, 6) is 0. The lowest BCUT2D eigenvalue weighted by Crippen LogP contribution is -2.57. The zero-order chi connectivity index (χ0) is 14.1. The summed E-state index contributed by atoms with van der Waals surface area (Å²) in [4.78, 5) is 0. The van der Waals surface area contributed by atoms with Crippen molar-refractivity contribution in [3.63, 3.8) is 0 Å². The minimum absolute atomic E-state index is 0.104. The largest absolute Gasteiger partial charge is 0.395 e. The van der Waals surface area contributed by atoms with E-state index >= 15 is 0 Å². The molecule has 0 aromatic carbocycles. The summed E-state index contributed by atoms with van der Waals surface area (Å²) in [6.07, 6.45) is 2.58. The number of ether oxygens (including phenoxy) is 1. The van der Waals surface area contributed by atoms with Gasteiger partial charge in [0.1, 0.15) is 0 Å². The first-order valence-electron chi connectivity index (χ1n) is 6.88. The molecule has 19 heavy (non-hydrogen) atoms. The Hall–Kier alpha value is -0.210. The highest BCUT2D eigenvalue weighted by molar-refractivity contribution is 7.86. The molecule has 2 aliphatic rings. The quantitative estimate of drug-likeness (QED) is 0.806. The molecule has 2 heterocycles. The predicted octanol–water partition coefficient (Wildman–Crippen LogP) is 0.189. The Bertz CT molecular complexity index is 410. The van der Waals surface area contributed by atoms with Crippen LogP contribution in [0.5, 0.6) is 0 Å². The van der Waals surface area contributed by atoms with E-state index in [1.54, 1.807) is 0 Å². The minimum atomic E-state index is -3.49. The van der Waals surface area contributed by atoms with Crippen LogP contribution in [0.15, 0.2) is 0 Å². The predicted molar refractivity (Wildman–Crippen MR) is 72.0 cm³/mol. The van der Waals surface area contributed by atoms with Crippen LogP contribution < -0.4 is 0 Å². The number of hydrogen-bond donors (Lipinski definition) is 1. The van der Waals surface area contributed by atoms with Gasteiger partial charge in [-0.25, -0.2) is 0 Å². The Morgan fingerprint density at radius 1 is 1.32 bits per heavy atom. The van der Waals surface area contributed by atoms with Gasteiger partial charge in [0.25, 0.3) is 10.2 Å². The number of nitrogens with zero attached hydrogens (tertiary/aromatic N) is 2. The van der Waals surface area contributed by atoms with Crippen LogP contribution in [0.3, 0.4) is 0 Å². The van der Waals surface area contributed by atoms with Crippen molar-refractivity contribution in [2.24, 2.45) is 0 Å². The maximum absolute atomic E-state index is 12.7. The van der Waals surface area contributed by atoms with Gasteiger partial charge in [0.15, 0.2) is 0 Å². The van der Waals surface area contributed by atoms with Crippen LogP contribution in [0.25, 0.3) is 0 Å². The summed E-state index contributed by atoms with van der Waals surface area (Å²) in [5, 5.41) is 9.38. The minimum Gasteiger partial charge on any atom is -0.395 e. The summed E-state index contributed by atoms with van der Waals surface area (Å²) in [6, 6.07) is -0.273. The fraction of sp³-hybridized carbons (Fsp3) is 1.00. The summed E-state index contributed by atoms with van der Waals surface area (Å²) in [5.41, 5.74) is -0.449. The third-order valence-electron chi connectivity index (χ3n) is 3.80. The summed E-state index contributed by atoms with van der Waals surface area (Å²) in [7, 11) is -3.49. The molecule has 2 saturated heterocycles. The van der Waals surface area contributed by atoms with Crippen molar-refractivity contribution in [1.29, 1.82) is 0 Å². The van der Waals surface area contributed by atoms with Gasteiger partial charge < -0.3 is 9.84 Å². The summed E-state index contributed by atoms with van der Waals surface area (Å²) >= 11 is 0. The molecule has 7 heteroatoms. The number of aliphatic hydroxyl groups excluding tert-OH is 1. The summed E-state index contributed by atoms with van der Waals surface area (Å²) < 4.78 is 33.9. The van der Waals surface area contributed by atoms with E-state index in [-0.39, 0.29) is 12.6 Å². The number of piperidine rings is 1. The van der Waals surface area contributed by atoms with Gasteiger partial charge in [-0.15, -0.1) is 0 Å². The summed E-state index contributed by atoms with van der Waals surface area (Å²) in [6.45, 7) is 5.37. The van der Waals surface area contributed by atoms with Gasteiger partial charge in [-0.05, 0) is 26.7 Å². The van der Waals surface area contributed by atoms with Gasteiger partial charge >= 0.3 is 0 Å². The van der Waals surface area contributed by atoms with Crippen LogP contribution in [-0.4, -0.2) is 66.6 Å². The van der Waals surface area contributed by atoms with Crippen molar-refractivity contribution < 1.29 is 18.3 Å². The van der Waals surface area contributed by atoms with Crippen molar-refractivity contribution in [2.45, 2.75) is 44.8 Å². The first-order chi connectivity index (χ1) is 8.87. The van der Waals surface area contributed by atoms with E-state index in [4.69, 9.17) is 4.74 Å². The van der Waals surface area contributed by atoms with Crippen LogP contribution in [0.4, 0.5) is 0 Å². The lowest BCUT2D eigenvalue weighted by molar-refractivity contribution is -0.0658. The van der Waals surface area contributed by atoms with Gasteiger partial charge in [0, 0.05) is 25.7 Å². The van der Waals surface area contributed by atoms with Gasteiger partial charge in [-0.2, -0.15) is 17.0 Å². The lowest BCUT2D eigenvalue weighted by atomic mass is 10.1. The standard InChI is InChI=1S/C12H24N2O4S/c1-12(2)10-13(7-8-18-12)19(16,17)14-6-4-3-5-11(14)9-15/h11,15H,3-10H2,1-2H3. The number of morpholine rings is 1. The van der Waals surface area contributed by atoms with Crippen LogP contribution >= 0.6 is 0 Å². The topological polar surface area (TPSA) is 70.1 Å². The molecule has 0 aliphatic carbocycles.